The average Bonchev–Trinajstić information content (AvgIpc) is 2.61. The van der Waals surface area contributed by atoms with Crippen molar-refractivity contribution in [2.24, 2.45) is 0 Å². The van der Waals surface area contributed by atoms with Gasteiger partial charge in [0.2, 0.25) is 5.91 Å². The number of anilines is 1. The summed E-state index contributed by atoms with van der Waals surface area (Å²) in [5.41, 5.74) is 2.77. The van der Waals surface area contributed by atoms with E-state index in [1.165, 1.54) is 0 Å². The van der Waals surface area contributed by atoms with Crippen LogP contribution in [0.2, 0.25) is 0 Å². The number of nitrogens with zero attached hydrogens (tertiary/aromatic N) is 1. The minimum atomic E-state index is -0.703. The third kappa shape index (κ3) is 3.11. The number of hydrogen-bond acceptors (Lipinski definition) is 3. The van der Waals surface area contributed by atoms with E-state index < -0.39 is 6.10 Å². The van der Waals surface area contributed by atoms with E-state index in [0.29, 0.717) is 17.9 Å². The molecule has 0 fully saturated rings. The van der Waals surface area contributed by atoms with Crippen molar-refractivity contribution in [1.82, 2.24) is 5.32 Å². The van der Waals surface area contributed by atoms with Crippen LogP contribution in [-0.2, 0) is 16.0 Å². The Labute approximate surface area is 141 Å². The van der Waals surface area contributed by atoms with Crippen LogP contribution in [0.15, 0.2) is 48.5 Å². The van der Waals surface area contributed by atoms with E-state index in [9.17, 15) is 9.59 Å². The second-order valence-corrected chi connectivity index (χ2v) is 5.80. The molecule has 1 N–H and O–H groups in total. The molecule has 2 aromatic rings. The van der Waals surface area contributed by atoms with Crippen molar-refractivity contribution >= 4 is 17.5 Å². The molecule has 0 unspecified atom stereocenters. The maximum atomic E-state index is 12.9. The number of para-hydroxylation sites is 2. The van der Waals surface area contributed by atoms with Gasteiger partial charge >= 0.3 is 0 Å². The summed E-state index contributed by atoms with van der Waals surface area (Å²) >= 11 is 0. The van der Waals surface area contributed by atoms with Crippen molar-refractivity contribution in [3.63, 3.8) is 0 Å². The van der Waals surface area contributed by atoms with Gasteiger partial charge in [0.25, 0.3) is 5.91 Å². The molecule has 1 aliphatic heterocycles. The van der Waals surface area contributed by atoms with Gasteiger partial charge in [0, 0.05) is 7.05 Å². The number of amides is 2. The van der Waals surface area contributed by atoms with Gasteiger partial charge in [-0.05, 0) is 30.2 Å². The summed E-state index contributed by atoms with van der Waals surface area (Å²) < 4.78 is 5.73. The lowest BCUT2D eigenvalue weighted by Gasteiger charge is -2.34. The highest BCUT2D eigenvalue weighted by molar-refractivity contribution is 5.98. The molecule has 1 aliphatic rings. The van der Waals surface area contributed by atoms with Crippen LogP contribution in [0.1, 0.15) is 11.1 Å². The number of rotatable bonds is 3. The zero-order valence-electron chi connectivity index (χ0n) is 13.8. The highest BCUT2D eigenvalue weighted by Gasteiger charge is 2.33. The second-order valence-electron chi connectivity index (χ2n) is 5.80. The summed E-state index contributed by atoms with van der Waals surface area (Å²) in [7, 11) is 1.56. The van der Waals surface area contributed by atoms with Crippen LogP contribution in [0.25, 0.3) is 0 Å². The maximum absolute atomic E-state index is 12.9. The molecule has 0 bridgehead atoms. The fourth-order valence-corrected chi connectivity index (χ4v) is 2.83. The first kappa shape index (κ1) is 16.1. The Kier molecular flexibility index (Phi) is 4.51. The third-order valence-corrected chi connectivity index (χ3v) is 4.22. The minimum absolute atomic E-state index is 0.0473. The first-order valence-corrected chi connectivity index (χ1v) is 7.92. The predicted octanol–water partition coefficient (Wildman–Crippen LogP) is 2.08. The Morgan fingerprint density at radius 2 is 1.88 bits per heavy atom. The van der Waals surface area contributed by atoms with Gasteiger partial charge in [-0.3, -0.25) is 9.59 Å². The lowest BCUT2D eigenvalue weighted by Crippen LogP contribution is -2.50. The molecule has 0 radical (unpaired) electrons. The number of hydrogen-bond donors (Lipinski definition) is 1. The number of carbonyl (C=O) groups excluding carboxylic acids is 2. The van der Waals surface area contributed by atoms with Crippen molar-refractivity contribution in [3.05, 3.63) is 59.7 Å². The van der Waals surface area contributed by atoms with Crippen molar-refractivity contribution < 1.29 is 14.3 Å². The SMILES string of the molecule is CNC(=O)[C@H]1CN(C(=O)Cc2ccccc2C)c2ccccc2O1. The summed E-state index contributed by atoms with van der Waals surface area (Å²) in [6.45, 7) is 2.20. The van der Waals surface area contributed by atoms with Crippen LogP contribution in [0, 0.1) is 6.92 Å². The van der Waals surface area contributed by atoms with Gasteiger partial charge in [0.1, 0.15) is 5.75 Å². The monoisotopic (exact) mass is 324 g/mol. The van der Waals surface area contributed by atoms with E-state index in [4.69, 9.17) is 4.74 Å². The molecule has 0 saturated carbocycles. The summed E-state index contributed by atoms with van der Waals surface area (Å²) in [5.74, 6) is 0.266. The van der Waals surface area contributed by atoms with E-state index in [0.717, 1.165) is 11.1 Å². The van der Waals surface area contributed by atoms with Crippen LogP contribution in [0.4, 0.5) is 5.69 Å². The van der Waals surface area contributed by atoms with Crippen LogP contribution in [0.5, 0.6) is 5.75 Å². The number of benzene rings is 2. The zero-order valence-corrected chi connectivity index (χ0v) is 13.8. The number of aryl methyl sites for hydroxylation is 1. The molecule has 3 rings (SSSR count). The molecule has 0 spiro atoms. The van der Waals surface area contributed by atoms with Gasteiger partial charge in [-0.1, -0.05) is 36.4 Å². The van der Waals surface area contributed by atoms with Crippen LogP contribution in [0.3, 0.4) is 0 Å². The van der Waals surface area contributed by atoms with Crippen molar-refractivity contribution in [3.8, 4) is 5.75 Å². The molecule has 124 valence electrons. The van der Waals surface area contributed by atoms with Gasteiger partial charge in [-0.2, -0.15) is 0 Å². The Morgan fingerprint density at radius 1 is 1.17 bits per heavy atom. The molecule has 2 amide bonds. The first-order valence-electron chi connectivity index (χ1n) is 7.92. The Hall–Kier alpha value is -2.82. The van der Waals surface area contributed by atoms with Crippen molar-refractivity contribution in [2.75, 3.05) is 18.5 Å². The largest absolute Gasteiger partial charge is 0.477 e. The second kappa shape index (κ2) is 6.74. The molecule has 24 heavy (non-hydrogen) atoms. The van der Waals surface area contributed by atoms with Crippen molar-refractivity contribution in [2.45, 2.75) is 19.4 Å². The molecule has 5 nitrogen and oxygen atoms in total. The molecule has 0 aliphatic carbocycles. The number of likely N-dealkylation sites (N-methyl/N-ethyl adjacent to an activating group) is 1. The molecular formula is C19H20N2O3. The maximum Gasteiger partial charge on any atom is 0.262 e. The summed E-state index contributed by atoms with van der Waals surface area (Å²) in [6.07, 6.45) is -0.410. The van der Waals surface area contributed by atoms with Gasteiger partial charge < -0.3 is 15.0 Å². The van der Waals surface area contributed by atoms with E-state index >= 15 is 0 Å². The highest BCUT2D eigenvalue weighted by atomic mass is 16.5. The minimum Gasteiger partial charge on any atom is -0.477 e. The number of fused-ring (bicyclic) bond motifs is 1. The number of ether oxygens (including phenoxy) is 1. The highest BCUT2D eigenvalue weighted by Crippen LogP contribution is 2.33. The third-order valence-electron chi connectivity index (χ3n) is 4.22. The predicted molar refractivity (Wildman–Crippen MR) is 92.2 cm³/mol. The van der Waals surface area contributed by atoms with Crippen LogP contribution >= 0.6 is 0 Å². The van der Waals surface area contributed by atoms with E-state index in [1.807, 2.05) is 49.4 Å². The molecule has 0 aromatic heterocycles. The molecule has 0 saturated heterocycles. The summed E-state index contributed by atoms with van der Waals surface area (Å²) in [6, 6.07) is 15.1. The fraction of sp³-hybridized carbons (Fsp3) is 0.263. The number of carbonyl (C=O) groups is 2. The fourth-order valence-electron chi connectivity index (χ4n) is 2.83. The van der Waals surface area contributed by atoms with E-state index in [2.05, 4.69) is 5.32 Å². The molecule has 2 aromatic carbocycles. The normalized spacial score (nSPS) is 16.1. The van der Waals surface area contributed by atoms with Gasteiger partial charge in [-0.25, -0.2) is 0 Å². The molecule has 1 atom stereocenters. The van der Waals surface area contributed by atoms with Gasteiger partial charge in [0.15, 0.2) is 6.10 Å². The van der Waals surface area contributed by atoms with Gasteiger partial charge in [0.05, 0.1) is 18.7 Å². The molecule has 5 heteroatoms. The van der Waals surface area contributed by atoms with Gasteiger partial charge in [-0.15, -0.1) is 0 Å². The van der Waals surface area contributed by atoms with E-state index in [1.54, 1.807) is 18.0 Å². The van der Waals surface area contributed by atoms with Crippen molar-refractivity contribution in [1.29, 1.82) is 0 Å². The smallest absolute Gasteiger partial charge is 0.262 e. The summed E-state index contributed by atoms with van der Waals surface area (Å²) in [4.78, 5) is 26.5. The summed E-state index contributed by atoms with van der Waals surface area (Å²) in [5, 5.41) is 2.58. The lowest BCUT2D eigenvalue weighted by atomic mass is 10.0. The Bertz CT molecular complexity index is 773. The van der Waals surface area contributed by atoms with E-state index in [-0.39, 0.29) is 18.4 Å². The number of nitrogens with one attached hydrogen (secondary N) is 1. The standard InChI is InChI=1S/C19H20N2O3/c1-13-7-3-4-8-14(13)11-18(22)21-12-17(19(23)20-2)24-16-10-6-5-9-15(16)21/h3-10,17H,11-12H2,1-2H3,(H,20,23)/t17-/m1/s1. The molecular weight excluding hydrogens is 304 g/mol. The Morgan fingerprint density at radius 3 is 2.62 bits per heavy atom. The zero-order chi connectivity index (χ0) is 17.1. The lowest BCUT2D eigenvalue weighted by molar-refractivity contribution is -0.127. The Balaban J connectivity index is 1.89. The first-order chi connectivity index (χ1) is 11.6. The average molecular weight is 324 g/mol. The van der Waals surface area contributed by atoms with Crippen LogP contribution < -0.4 is 15.0 Å². The topological polar surface area (TPSA) is 58.6 Å². The van der Waals surface area contributed by atoms with Crippen LogP contribution in [-0.4, -0.2) is 31.5 Å². The molecule has 1 heterocycles. The quantitative estimate of drug-likeness (QED) is 0.940.